The zero-order valence-electron chi connectivity index (χ0n) is 11.0. The number of aryl methyl sites for hydroxylation is 1. The first kappa shape index (κ1) is 14.4. The van der Waals surface area contributed by atoms with Crippen LogP contribution in [0.15, 0.2) is 23.1 Å². The number of nitrogens with one attached hydrogen (secondary N) is 1. The molecule has 1 saturated carbocycles. The molecule has 0 bridgehead atoms. The lowest BCUT2D eigenvalue weighted by Gasteiger charge is -2.15. The molecule has 3 N–H and O–H groups in total. The summed E-state index contributed by atoms with van der Waals surface area (Å²) in [7, 11) is -3.52. The zero-order valence-corrected chi connectivity index (χ0v) is 12.6. The summed E-state index contributed by atoms with van der Waals surface area (Å²) >= 11 is 4.89. The van der Waals surface area contributed by atoms with Gasteiger partial charge in [0.1, 0.15) is 4.99 Å². The van der Waals surface area contributed by atoms with E-state index in [1.165, 1.54) is 0 Å². The van der Waals surface area contributed by atoms with Gasteiger partial charge in [0, 0.05) is 11.6 Å². The van der Waals surface area contributed by atoms with Crippen molar-refractivity contribution in [2.75, 3.05) is 0 Å². The first-order chi connectivity index (χ1) is 8.81. The lowest BCUT2D eigenvalue weighted by Crippen LogP contribution is -2.34. The van der Waals surface area contributed by atoms with Crippen molar-refractivity contribution in [3.8, 4) is 0 Å². The summed E-state index contributed by atoms with van der Waals surface area (Å²) in [4.78, 5) is 0.456. The van der Waals surface area contributed by atoms with Crippen molar-refractivity contribution in [1.82, 2.24) is 4.72 Å². The fourth-order valence-electron chi connectivity index (χ4n) is 2.04. The summed E-state index contributed by atoms with van der Waals surface area (Å²) in [6.45, 7) is 3.67. The van der Waals surface area contributed by atoms with Crippen LogP contribution in [0.2, 0.25) is 0 Å². The minimum absolute atomic E-state index is 0.0297. The van der Waals surface area contributed by atoms with Gasteiger partial charge in [0.15, 0.2) is 0 Å². The molecule has 1 aromatic carbocycles. The Morgan fingerprint density at radius 3 is 2.63 bits per heavy atom. The van der Waals surface area contributed by atoms with Gasteiger partial charge < -0.3 is 5.73 Å². The molecule has 1 aliphatic rings. The highest BCUT2D eigenvalue weighted by Gasteiger charge is 2.31. The summed E-state index contributed by atoms with van der Waals surface area (Å²) in [5, 5.41) is 0. The molecule has 0 saturated heterocycles. The molecular weight excluding hydrogens is 280 g/mol. The largest absolute Gasteiger partial charge is 0.389 e. The van der Waals surface area contributed by atoms with Gasteiger partial charge in [0.2, 0.25) is 10.0 Å². The third-order valence-corrected chi connectivity index (χ3v) is 5.37. The monoisotopic (exact) mass is 298 g/mol. The number of hydrogen-bond acceptors (Lipinski definition) is 3. The lowest BCUT2D eigenvalue weighted by atomic mass is 10.1. The van der Waals surface area contributed by atoms with E-state index in [1.807, 2.05) is 6.92 Å². The molecular formula is C13H18N2O2S2. The zero-order chi connectivity index (χ0) is 14.2. The third kappa shape index (κ3) is 3.32. The van der Waals surface area contributed by atoms with Crippen LogP contribution in [0.1, 0.15) is 30.9 Å². The molecule has 4 nitrogen and oxygen atoms in total. The van der Waals surface area contributed by atoms with Crippen molar-refractivity contribution in [1.29, 1.82) is 0 Å². The van der Waals surface area contributed by atoms with E-state index in [9.17, 15) is 8.42 Å². The molecule has 0 amide bonds. The smallest absolute Gasteiger partial charge is 0.241 e. The van der Waals surface area contributed by atoms with E-state index in [2.05, 4.69) is 4.72 Å². The van der Waals surface area contributed by atoms with Crippen LogP contribution in [-0.2, 0) is 10.0 Å². The molecule has 104 valence electrons. The Bertz CT molecular complexity index is 607. The van der Waals surface area contributed by atoms with Crippen LogP contribution in [0.25, 0.3) is 0 Å². The van der Waals surface area contributed by atoms with E-state index >= 15 is 0 Å². The second kappa shape index (κ2) is 5.19. The summed E-state index contributed by atoms with van der Waals surface area (Å²) in [6, 6.07) is 4.98. The Morgan fingerprint density at radius 1 is 1.47 bits per heavy atom. The average Bonchev–Trinajstić information content (AvgIpc) is 3.11. The van der Waals surface area contributed by atoms with Crippen LogP contribution < -0.4 is 10.5 Å². The minimum Gasteiger partial charge on any atom is -0.389 e. The molecule has 0 heterocycles. The van der Waals surface area contributed by atoms with Crippen LogP contribution in [0.3, 0.4) is 0 Å². The highest BCUT2D eigenvalue weighted by molar-refractivity contribution is 7.89. The maximum Gasteiger partial charge on any atom is 0.241 e. The third-order valence-electron chi connectivity index (χ3n) is 3.43. The lowest BCUT2D eigenvalue weighted by molar-refractivity contribution is 0.537. The van der Waals surface area contributed by atoms with Gasteiger partial charge >= 0.3 is 0 Å². The highest BCUT2D eigenvalue weighted by Crippen LogP contribution is 2.33. The van der Waals surface area contributed by atoms with Gasteiger partial charge in [-0.3, -0.25) is 0 Å². The van der Waals surface area contributed by atoms with Crippen LogP contribution >= 0.6 is 12.2 Å². The van der Waals surface area contributed by atoms with Gasteiger partial charge in [0.25, 0.3) is 0 Å². The van der Waals surface area contributed by atoms with Crippen LogP contribution in [0.4, 0.5) is 0 Å². The average molecular weight is 298 g/mol. The van der Waals surface area contributed by atoms with Gasteiger partial charge in [-0.05, 0) is 44.2 Å². The van der Waals surface area contributed by atoms with E-state index in [-0.39, 0.29) is 15.9 Å². The van der Waals surface area contributed by atoms with Crippen LogP contribution in [0, 0.1) is 12.8 Å². The molecule has 0 radical (unpaired) electrons. The molecule has 1 atom stereocenters. The minimum atomic E-state index is -3.52. The first-order valence-electron chi connectivity index (χ1n) is 6.24. The topological polar surface area (TPSA) is 72.2 Å². The number of nitrogens with two attached hydrogens (primary N) is 1. The molecule has 0 aliphatic heterocycles. The Kier molecular flexibility index (Phi) is 3.94. The van der Waals surface area contributed by atoms with Crippen LogP contribution in [-0.4, -0.2) is 19.4 Å². The SMILES string of the molecule is Cc1ccc(C(N)=S)cc1S(=O)(=O)NC(C)C1CC1. The van der Waals surface area contributed by atoms with Crippen molar-refractivity contribution in [3.63, 3.8) is 0 Å². The number of rotatable bonds is 5. The summed E-state index contributed by atoms with van der Waals surface area (Å²) in [5.41, 5.74) is 6.81. The van der Waals surface area contributed by atoms with E-state index in [0.29, 0.717) is 17.0 Å². The van der Waals surface area contributed by atoms with Crippen molar-refractivity contribution < 1.29 is 8.42 Å². The number of benzene rings is 1. The summed E-state index contributed by atoms with van der Waals surface area (Å²) in [6.07, 6.45) is 2.19. The molecule has 1 aromatic rings. The van der Waals surface area contributed by atoms with E-state index < -0.39 is 10.0 Å². The molecule has 1 aliphatic carbocycles. The van der Waals surface area contributed by atoms with Crippen molar-refractivity contribution >= 4 is 27.2 Å². The van der Waals surface area contributed by atoms with Crippen molar-refractivity contribution in [2.45, 2.75) is 37.6 Å². The Balaban J connectivity index is 2.33. The van der Waals surface area contributed by atoms with E-state index in [4.69, 9.17) is 18.0 Å². The van der Waals surface area contributed by atoms with Gasteiger partial charge in [0.05, 0.1) is 4.90 Å². The van der Waals surface area contributed by atoms with Gasteiger partial charge in [-0.1, -0.05) is 24.4 Å². The normalized spacial score (nSPS) is 17.2. The predicted molar refractivity (Wildman–Crippen MR) is 79.6 cm³/mol. The van der Waals surface area contributed by atoms with Crippen LogP contribution in [0.5, 0.6) is 0 Å². The highest BCUT2D eigenvalue weighted by atomic mass is 32.2. The fourth-order valence-corrected chi connectivity index (χ4v) is 3.75. The number of thiocarbonyl (C=S) groups is 1. The van der Waals surface area contributed by atoms with Crippen molar-refractivity contribution in [3.05, 3.63) is 29.3 Å². The van der Waals surface area contributed by atoms with Gasteiger partial charge in [-0.15, -0.1) is 0 Å². The number of hydrogen-bond donors (Lipinski definition) is 2. The standard InChI is InChI=1S/C13H18N2O2S2/c1-8-3-4-11(13(14)18)7-12(8)19(16,17)15-9(2)10-5-6-10/h3-4,7,9-10,15H,5-6H2,1-2H3,(H2,14,18). The molecule has 19 heavy (non-hydrogen) atoms. The van der Waals surface area contributed by atoms with Gasteiger partial charge in [-0.25, -0.2) is 13.1 Å². The Labute approximate surface area is 119 Å². The summed E-state index contributed by atoms with van der Waals surface area (Å²) in [5.74, 6) is 0.467. The van der Waals surface area contributed by atoms with Gasteiger partial charge in [-0.2, -0.15) is 0 Å². The Morgan fingerprint density at radius 2 is 2.11 bits per heavy atom. The van der Waals surface area contributed by atoms with E-state index in [1.54, 1.807) is 25.1 Å². The maximum absolute atomic E-state index is 12.4. The molecule has 1 fully saturated rings. The quantitative estimate of drug-likeness (QED) is 0.812. The van der Waals surface area contributed by atoms with E-state index in [0.717, 1.165) is 12.8 Å². The summed E-state index contributed by atoms with van der Waals surface area (Å²) < 4.78 is 27.5. The Hall–Kier alpha value is -0.980. The second-order valence-corrected chi connectivity index (χ2v) is 7.21. The number of sulfonamides is 1. The first-order valence-corrected chi connectivity index (χ1v) is 8.13. The molecule has 1 unspecified atom stereocenters. The van der Waals surface area contributed by atoms with Crippen molar-refractivity contribution in [2.24, 2.45) is 11.7 Å². The molecule has 0 spiro atoms. The predicted octanol–water partition coefficient (Wildman–Crippen LogP) is 1.71. The molecule has 2 rings (SSSR count). The molecule has 0 aromatic heterocycles. The maximum atomic E-state index is 12.4. The fraction of sp³-hybridized carbons (Fsp3) is 0.462. The molecule has 6 heteroatoms. The second-order valence-electron chi connectivity index (χ2n) is 5.09.